The summed E-state index contributed by atoms with van der Waals surface area (Å²) in [7, 11) is 4.53. The van der Waals surface area contributed by atoms with Crippen LogP contribution in [0, 0.1) is 0 Å². The van der Waals surface area contributed by atoms with Crippen molar-refractivity contribution in [3.05, 3.63) is 149 Å². The maximum absolute atomic E-state index is 13.8. The average Bonchev–Trinajstić information content (AvgIpc) is 3.14. The van der Waals surface area contributed by atoms with Crippen LogP contribution in [0.25, 0.3) is 6.08 Å². The Hall–Kier alpha value is -5.71. The molecule has 0 aliphatic rings. The third-order valence-electron chi connectivity index (χ3n) is 7.37. The minimum atomic E-state index is -0.649. The van der Waals surface area contributed by atoms with Crippen molar-refractivity contribution in [1.82, 2.24) is 5.32 Å². The lowest BCUT2D eigenvalue weighted by atomic mass is 10.1. The molecule has 5 rings (SSSR count). The Labute approximate surface area is 299 Å². The molecule has 0 saturated carbocycles. The van der Waals surface area contributed by atoms with Crippen molar-refractivity contribution in [3.8, 4) is 17.2 Å². The van der Waals surface area contributed by atoms with Crippen molar-refractivity contribution in [2.24, 2.45) is 0 Å². The Morgan fingerprint density at radius 1 is 0.700 bits per heavy atom. The number of halogens is 1. The molecule has 0 aliphatic heterocycles. The Balaban J connectivity index is 1.41. The molecule has 0 aromatic heterocycles. The highest BCUT2D eigenvalue weighted by Gasteiger charge is 2.23. The predicted octanol–water partition coefficient (Wildman–Crippen LogP) is 8.25. The normalized spacial score (nSPS) is 11.6. The summed E-state index contributed by atoms with van der Waals surface area (Å²) in [6.07, 6.45) is 1.53. The summed E-state index contributed by atoms with van der Waals surface area (Å²) in [5.41, 5.74) is 2.63. The van der Waals surface area contributed by atoms with Crippen molar-refractivity contribution in [1.29, 1.82) is 0 Å². The summed E-state index contributed by atoms with van der Waals surface area (Å²) in [6, 6.07) is 35.3. The van der Waals surface area contributed by atoms with Gasteiger partial charge in [0, 0.05) is 27.4 Å². The summed E-state index contributed by atoms with van der Waals surface area (Å²) in [5, 5.41) is 8.31. The van der Waals surface area contributed by atoms with Crippen molar-refractivity contribution in [2.75, 3.05) is 32.0 Å². The van der Waals surface area contributed by atoms with E-state index in [0.29, 0.717) is 49.7 Å². The second-order valence-corrected chi connectivity index (χ2v) is 12.3. The zero-order valence-corrected chi connectivity index (χ0v) is 29.0. The molecule has 0 fully saturated rings. The van der Waals surface area contributed by atoms with Gasteiger partial charge in [-0.2, -0.15) is 0 Å². The third kappa shape index (κ3) is 9.04. The van der Waals surface area contributed by atoms with Crippen LogP contribution in [-0.2, 0) is 9.59 Å². The van der Waals surface area contributed by atoms with E-state index in [-0.39, 0.29) is 11.6 Å². The first kappa shape index (κ1) is 35.6. The number of ether oxygens (including phenoxy) is 3. The highest BCUT2D eigenvalue weighted by molar-refractivity contribution is 8.00. The first-order valence-corrected chi connectivity index (χ1v) is 16.6. The molecule has 9 nitrogen and oxygen atoms in total. The van der Waals surface area contributed by atoms with Crippen LogP contribution in [0.1, 0.15) is 26.7 Å². The molecule has 5 aromatic rings. The van der Waals surface area contributed by atoms with Crippen molar-refractivity contribution in [2.45, 2.75) is 10.1 Å². The molecule has 5 aromatic carbocycles. The van der Waals surface area contributed by atoms with Crippen LogP contribution in [0.3, 0.4) is 0 Å². The lowest BCUT2D eigenvalue weighted by molar-refractivity contribution is -0.116. The van der Waals surface area contributed by atoms with E-state index in [2.05, 4.69) is 16.0 Å². The van der Waals surface area contributed by atoms with Crippen molar-refractivity contribution < 1.29 is 28.6 Å². The van der Waals surface area contributed by atoms with Crippen LogP contribution < -0.4 is 30.2 Å². The van der Waals surface area contributed by atoms with Gasteiger partial charge in [0.05, 0.1) is 26.4 Å². The number of nitrogens with one attached hydrogen (secondary N) is 3. The number of rotatable bonds is 13. The van der Waals surface area contributed by atoms with Gasteiger partial charge in [-0.3, -0.25) is 14.4 Å². The molecule has 0 bridgehead atoms. The lowest BCUT2D eigenvalue weighted by Gasteiger charge is -2.18. The van der Waals surface area contributed by atoms with E-state index in [1.165, 1.54) is 39.2 Å². The molecule has 0 aliphatic carbocycles. The van der Waals surface area contributed by atoms with Crippen LogP contribution in [-0.4, -0.2) is 39.1 Å². The fraction of sp³-hybridized carbons (Fsp3) is 0.103. The monoisotopic (exact) mass is 707 g/mol. The molecule has 3 amide bonds. The number of hydrogen-bond donors (Lipinski definition) is 3. The zero-order chi connectivity index (χ0) is 35.5. The van der Waals surface area contributed by atoms with E-state index in [9.17, 15) is 14.4 Å². The van der Waals surface area contributed by atoms with E-state index in [1.54, 1.807) is 84.9 Å². The van der Waals surface area contributed by atoms with Crippen LogP contribution in [0.4, 0.5) is 11.4 Å². The van der Waals surface area contributed by atoms with Crippen molar-refractivity contribution >= 4 is 58.5 Å². The minimum Gasteiger partial charge on any atom is -0.495 e. The van der Waals surface area contributed by atoms with Gasteiger partial charge in [-0.05, 0) is 66.2 Å². The molecule has 0 spiro atoms. The molecule has 0 saturated heterocycles. The minimum absolute atomic E-state index is 0.0249. The molecular weight excluding hydrogens is 674 g/mol. The quantitative estimate of drug-likeness (QED) is 0.0834. The summed E-state index contributed by atoms with van der Waals surface area (Å²) >= 11 is 7.61. The third-order valence-corrected chi connectivity index (χ3v) is 8.91. The van der Waals surface area contributed by atoms with Gasteiger partial charge >= 0.3 is 0 Å². The van der Waals surface area contributed by atoms with Gasteiger partial charge in [0.2, 0.25) is 5.91 Å². The Morgan fingerprint density at radius 2 is 1.38 bits per heavy atom. The number of methoxy groups -OCH3 is 3. The van der Waals surface area contributed by atoms with E-state index in [4.69, 9.17) is 25.8 Å². The first-order chi connectivity index (χ1) is 24.3. The Morgan fingerprint density at radius 3 is 2.06 bits per heavy atom. The second kappa shape index (κ2) is 17.1. The molecule has 1 atom stereocenters. The van der Waals surface area contributed by atoms with E-state index in [0.717, 1.165) is 5.56 Å². The molecule has 11 heteroatoms. The smallest absolute Gasteiger partial charge is 0.272 e. The van der Waals surface area contributed by atoms with Gasteiger partial charge in [0.25, 0.3) is 11.8 Å². The molecule has 3 N–H and O–H groups in total. The number of carbonyl (C=O) groups is 3. The summed E-state index contributed by atoms with van der Waals surface area (Å²) in [4.78, 5) is 41.4. The summed E-state index contributed by atoms with van der Waals surface area (Å²) < 4.78 is 16.2. The number of hydrogen-bond acceptors (Lipinski definition) is 7. The SMILES string of the molecule is COc1ccc(NC(=O)C(Sc2cccc(NC(=O)/C(=C\c3cccc(OC)c3OC)NC(=O)c3ccccc3)c2)c2ccccc2)cc1Cl. The number of amides is 3. The lowest BCUT2D eigenvalue weighted by Crippen LogP contribution is -2.30. The summed E-state index contributed by atoms with van der Waals surface area (Å²) in [6.45, 7) is 0. The second-order valence-electron chi connectivity index (χ2n) is 10.7. The van der Waals surface area contributed by atoms with Gasteiger partial charge in [0.15, 0.2) is 11.5 Å². The van der Waals surface area contributed by atoms with Gasteiger partial charge in [-0.25, -0.2) is 0 Å². The fourth-order valence-corrected chi connectivity index (χ4v) is 6.30. The van der Waals surface area contributed by atoms with E-state index < -0.39 is 17.1 Å². The van der Waals surface area contributed by atoms with E-state index in [1.807, 2.05) is 36.4 Å². The highest BCUT2D eigenvalue weighted by Crippen LogP contribution is 2.38. The van der Waals surface area contributed by atoms with E-state index >= 15 is 0 Å². The van der Waals surface area contributed by atoms with Gasteiger partial charge in [-0.1, -0.05) is 78.3 Å². The van der Waals surface area contributed by atoms with Crippen molar-refractivity contribution in [3.63, 3.8) is 0 Å². The molecular formula is C39H34ClN3O6S. The maximum Gasteiger partial charge on any atom is 0.272 e. The molecule has 0 heterocycles. The highest BCUT2D eigenvalue weighted by atomic mass is 35.5. The first-order valence-electron chi connectivity index (χ1n) is 15.4. The Kier molecular flexibility index (Phi) is 12.2. The van der Waals surface area contributed by atoms with Gasteiger partial charge in [-0.15, -0.1) is 11.8 Å². The zero-order valence-electron chi connectivity index (χ0n) is 27.4. The fourth-order valence-electron chi connectivity index (χ4n) is 4.96. The topological polar surface area (TPSA) is 115 Å². The van der Waals surface area contributed by atoms with Crippen LogP contribution in [0.15, 0.2) is 132 Å². The molecule has 50 heavy (non-hydrogen) atoms. The van der Waals surface area contributed by atoms with Gasteiger partial charge in [0.1, 0.15) is 16.7 Å². The number of anilines is 2. The molecule has 0 radical (unpaired) electrons. The average molecular weight is 708 g/mol. The van der Waals surface area contributed by atoms with Crippen LogP contribution in [0.2, 0.25) is 5.02 Å². The largest absolute Gasteiger partial charge is 0.495 e. The number of benzene rings is 5. The molecule has 254 valence electrons. The maximum atomic E-state index is 13.8. The standard InChI is InChI=1S/C39H34ClN3O6S/c1-47-33-21-20-29(24-31(33)40)42-39(46)36(25-12-6-4-7-13-25)50-30-18-11-17-28(23-30)41-38(45)32(43-37(44)26-14-8-5-9-15-26)22-27-16-10-19-34(48-2)35(27)49-3/h4-24,36H,1-3H3,(H,41,45)(H,42,46)(H,43,44)/b32-22+. The summed E-state index contributed by atoms with van der Waals surface area (Å²) in [5.74, 6) is 0.0563. The number of carbonyl (C=O) groups excluding carboxylic acids is 3. The predicted molar refractivity (Wildman–Crippen MR) is 198 cm³/mol. The Bertz CT molecular complexity index is 2010. The van der Waals surface area contributed by atoms with Gasteiger partial charge < -0.3 is 30.2 Å². The van der Waals surface area contributed by atoms with Crippen LogP contribution in [0.5, 0.6) is 17.2 Å². The molecule has 1 unspecified atom stereocenters. The number of thioether (sulfide) groups is 1. The number of para-hydroxylation sites is 1. The van der Waals surface area contributed by atoms with Crippen LogP contribution >= 0.6 is 23.4 Å².